The second-order valence-corrected chi connectivity index (χ2v) is 4.12. The van der Waals surface area contributed by atoms with Crippen molar-refractivity contribution in [3.05, 3.63) is 0 Å². The first kappa shape index (κ1) is 15.9. The first-order valence-electron chi connectivity index (χ1n) is 6.57. The van der Waals surface area contributed by atoms with Crippen LogP contribution in [-0.2, 0) is 9.57 Å². The molecule has 0 aliphatic rings. The molecule has 0 aliphatic heterocycles. The molecule has 0 amide bonds. The Balaban J connectivity index is 3.47. The van der Waals surface area contributed by atoms with E-state index in [9.17, 15) is 4.79 Å². The van der Waals surface area contributed by atoms with Gasteiger partial charge in [-0.15, -0.1) is 0 Å². The molecule has 0 aromatic carbocycles. The smallest absolute Gasteiger partial charge is 0.433 e. The summed E-state index contributed by atoms with van der Waals surface area (Å²) in [5.41, 5.74) is 0.841. The summed E-state index contributed by atoms with van der Waals surface area (Å²) in [6.07, 6.45) is 7.65. The molecule has 0 N–H and O–H groups in total. The van der Waals surface area contributed by atoms with E-state index in [2.05, 4.69) is 21.7 Å². The molecular weight excluding hydrogens is 218 g/mol. The number of hydrogen-bond donors (Lipinski definition) is 0. The van der Waals surface area contributed by atoms with Crippen LogP contribution in [0, 0.1) is 0 Å². The predicted octanol–water partition coefficient (Wildman–Crippen LogP) is 4.29. The van der Waals surface area contributed by atoms with Crippen LogP contribution in [0.4, 0.5) is 4.79 Å². The number of oxime groups is 1. The number of carbonyl (C=O) groups is 1. The van der Waals surface area contributed by atoms with Crippen LogP contribution in [0.15, 0.2) is 5.16 Å². The quantitative estimate of drug-likeness (QED) is 0.199. The van der Waals surface area contributed by atoms with Crippen molar-refractivity contribution >= 4 is 11.9 Å². The highest BCUT2D eigenvalue weighted by Crippen LogP contribution is 2.07. The van der Waals surface area contributed by atoms with Gasteiger partial charge in [0.2, 0.25) is 0 Å². The highest BCUT2D eigenvalue weighted by atomic mass is 16.8. The third-order valence-electron chi connectivity index (χ3n) is 2.43. The zero-order valence-corrected chi connectivity index (χ0v) is 11.3. The Labute approximate surface area is 104 Å². The van der Waals surface area contributed by atoms with E-state index < -0.39 is 6.16 Å². The molecule has 0 aromatic rings. The van der Waals surface area contributed by atoms with Crippen LogP contribution < -0.4 is 0 Å². The summed E-state index contributed by atoms with van der Waals surface area (Å²) >= 11 is 0. The number of nitrogens with zero attached hydrogens (tertiary/aromatic N) is 1. The average Bonchev–Trinajstić information content (AvgIpc) is 2.31. The fourth-order valence-corrected chi connectivity index (χ4v) is 1.47. The van der Waals surface area contributed by atoms with Gasteiger partial charge in [-0.05, 0) is 26.7 Å². The number of carbonyl (C=O) groups excluding carboxylic acids is 1. The van der Waals surface area contributed by atoms with Crippen LogP contribution in [0.25, 0.3) is 0 Å². The molecule has 4 heteroatoms. The minimum absolute atomic E-state index is 0.310. The molecule has 0 unspecified atom stereocenters. The van der Waals surface area contributed by atoms with Crippen LogP contribution in [0.5, 0.6) is 0 Å². The van der Waals surface area contributed by atoms with Gasteiger partial charge in [-0.2, -0.15) is 0 Å². The van der Waals surface area contributed by atoms with Crippen LogP contribution in [0.3, 0.4) is 0 Å². The van der Waals surface area contributed by atoms with Crippen LogP contribution in [0.1, 0.15) is 65.7 Å². The summed E-state index contributed by atoms with van der Waals surface area (Å²) in [5, 5.41) is 3.72. The van der Waals surface area contributed by atoms with Crippen molar-refractivity contribution in [3.63, 3.8) is 0 Å². The van der Waals surface area contributed by atoms with Crippen molar-refractivity contribution in [2.75, 3.05) is 6.61 Å². The lowest BCUT2D eigenvalue weighted by molar-refractivity contribution is 0.0611. The van der Waals surface area contributed by atoms with Crippen LogP contribution >= 0.6 is 0 Å². The van der Waals surface area contributed by atoms with E-state index >= 15 is 0 Å². The maximum Gasteiger partial charge on any atom is 0.535 e. The Morgan fingerprint density at radius 3 is 2.35 bits per heavy atom. The topological polar surface area (TPSA) is 47.9 Å². The Kier molecular flexibility index (Phi) is 10.7. The molecule has 0 aromatic heterocycles. The molecule has 17 heavy (non-hydrogen) atoms. The zero-order valence-electron chi connectivity index (χ0n) is 11.3. The van der Waals surface area contributed by atoms with E-state index in [1.54, 1.807) is 6.92 Å². The van der Waals surface area contributed by atoms with Gasteiger partial charge in [-0.1, -0.05) is 44.2 Å². The van der Waals surface area contributed by atoms with E-state index in [1.165, 1.54) is 32.1 Å². The summed E-state index contributed by atoms with van der Waals surface area (Å²) in [7, 11) is 0. The molecule has 0 aliphatic carbocycles. The number of ether oxygens (including phenoxy) is 1. The largest absolute Gasteiger partial charge is 0.535 e. The molecule has 100 valence electrons. The van der Waals surface area contributed by atoms with E-state index in [4.69, 9.17) is 0 Å². The minimum atomic E-state index is -0.727. The van der Waals surface area contributed by atoms with Crippen molar-refractivity contribution in [1.29, 1.82) is 0 Å². The van der Waals surface area contributed by atoms with Crippen LogP contribution in [-0.4, -0.2) is 18.5 Å². The Bertz CT molecular complexity index is 227. The SMILES string of the molecule is CCCCCCCC/C(C)=N/OC(=O)OCC. The Morgan fingerprint density at radius 1 is 1.06 bits per heavy atom. The number of rotatable bonds is 9. The van der Waals surface area contributed by atoms with Crippen LogP contribution in [0.2, 0.25) is 0 Å². The molecule has 0 saturated heterocycles. The van der Waals surface area contributed by atoms with Gasteiger partial charge in [0.25, 0.3) is 0 Å². The normalized spacial score (nSPS) is 11.4. The van der Waals surface area contributed by atoms with Gasteiger partial charge >= 0.3 is 6.16 Å². The van der Waals surface area contributed by atoms with Gasteiger partial charge in [0.05, 0.1) is 12.3 Å². The fraction of sp³-hybridized carbons (Fsp3) is 0.846. The first-order chi connectivity index (χ1) is 8.20. The highest BCUT2D eigenvalue weighted by Gasteiger charge is 2.01. The molecule has 0 atom stereocenters. The second kappa shape index (κ2) is 11.4. The Hall–Kier alpha value is -1.06. The summed E-state index contributed by atoms with van der Waals surface area (Å²) in [4.78, 5) is 15.4. The lowest BCUT2D eigenvalue weighted by Crippen LogP contribution is -2.04. The maximum absolute atomic E-state index is 10.8. The third kappa shape index (κ3) is 11.2. The minimum Gasteiger partial charge on any atom is -0.433 e. The van der Waals surface area contributed by atoms with E-state index in [1.807, 2.05) is 6.92 Å². The number of hydrogen-bond acceptors (Lipinski definition) is 4. The molecule has 0 spiro atoms. The molecule has 0 fully saturated rings. The summed E-state index contributed by atoms with van der Waals surface area (Å²) < 4.78 is 4.59. The molecule has 0 heterocycles. The van der Waals surface area contributed by atoms with Crippen molar-refractivity contribution in [3.8, 4) is 0 Å². The molecule has 0 rings (SSSR count). The first-order valence-corrected chi connectivity index (χ1v) is 6.57. The summed E-state index contributed by atoms with van der Waals surface area (Å²) in [5.74, 6) is 0. The maximum atomic E-state index is 10.8. The van der Waals surface area contributed by atoms with E-state index in [0.29, 0.717) is 6.61 Å². The van der Waals surface area contributed by atoms with E-state index in [0.717, 1.165) is 18.6 Å². The predicted molar refractivity (Wildman–Crippen MR) is 69.2 cm³/mol. The van der Waals surface area contributed by atoms with Crippen molar-refractivity contribution in [2.45, 2.75) is 65.7 Å². The van der Waals surface area contributed by atoms with E-state index in [-0.39, 0.29) is 0 Å². The highest BCUT2D eigenvalue weighted by molar-refractivity contribution is 5.81. The zero-order chi connectivity index (χ0) is 12.9. The standard InChI is InChI=1S/C13H25NO3/c1-4-6-7-8-9-10-11-12(3)14-17-13(15)16-5-2/h4-11H2,1-3H3/b14-12+. The summed E-state index contributed by atoms with van der Waals surface area (Å²) in [6.45, 7) is 6.12. The van der Waals surface area contributed by atoms with Gasteiger partial charge in [0, 0.05) is 0 Å². The van der Waals surface area contributed by atoms with Crippen molar-refractivity contribution in [1.82, 2.24) is 0 Å². The molecule has 0 saturated carbocycles. The second-order valence-electron chi connectivity index (χ2n) is 4.12. The monoisotopic (exact) mass is 243 g/mol. The third-order valence-corrected chi connectivity index (χ3v) is 2.43. The fourth-order valence-electron chi connectivity index (χ4n) is 1.47. The molecule has 0 radical (unpaired) electrons. The Morgan fingerprint density at radius 2 is 1.71 bits per heavy atom. The van der Waals surface area contributed by atoms with Gasteiger partial charge in [-0.25, -0.2) is 4.79 Å². The lowest BCUT2D eigenvalue weighted by atomic mass is 10.1. The van der Waals surface area contributed by atoms with Crippen molar-refractivity contribution in [2.24, 2.45) is 5.16 Å². The molecule has 4 nitrogen and oxygen atoms in total. The molecular formula is C13H25NO3. The van der Waals surface area contributed by atoms with Gasteiger partial charge in [0.15, 0.2) is 0 Å². The van der Waals surface area contributed by atoms with Crippen molar-refractivity contribution < 1.29 is 14.4 Å². The van der Waals surface area contributed by atoms with Gasteiger partial charge in [0.1, 0.15) is 0 Å². The van der Waals surface area contributed by atoms with Gasteiger partial charge in [-0.3, -0.25) is 4.84 Å². The lowest BCUT2D eigenvalue weighted by Gasteiger charge is -2.01. The average molecular weight is 243 g/mol. The summed E-state index contributed by atoms with van der Waals surface area (Å²) in [6, 6.07) is 0. The van der Waals surface area contributed by atoms with Gasteiger partial charge < -0.3 is 4.74 Å². The molecule has 0 bridgehead atoms. The number of unbranched alkanes of at least 4 members (excludes halogenated alkanes) is 5.